The fourth-order valence-corrected chi connectivity index (χ4v) is 8.60. The van der Waals surface area contributed by atoms with Gasteiger partial charge in [0.25, 0.3) is 11.8 Å². The molecular formula is C66H74N8O10. The highest BCUT2D eigenvalue weighted by atomic mass is 16.5. The predicted octanol–water partition coefficient (Wildman–Crippen LogP) is 5.22. The fourth-order valence-electron chi connectivity index (χ4n) is 8.60. The normalized spacial score (nSPS) is 10.5. The minimum atomic E-state index is -0.397. The van der Waals surface area contributed by atoms with E-state index in [0.29, 0.717) is 74.1 Å². The van der Waals surface area contributed by atoms with E-state index in [1.807, 2.05) is 109 Å². The van der Waals surface area contributed by atoms with Gasteiger partial charge in [-0.3, -0.25) is 38.4 Å². The van der Waals surface area contributed by atoms with Crippen molar-refractivity contribution in [2.24, 2.45) is 0 Å². The lowest BCUT2D eigenvalue weighted by atomic mass is 10.1. The van der Waals surface area contributed by atoms with Gasteiger partial charge in [-0.25, -0.2) is 0 Å². The number of benzene rings is 6. The summed E-state index contributed by atoms with van der Waals surface area (Å²) >= 11 is 0. The first-order valence-electron chi connectivity index (χ1n) is 28.1. The van der Waals surface area contributed by atoms with Crippen molar-refractivity contribution in [1.29, 1.82) is 0 Å². The van der Waals surface area contributed by atoms with Crippen LogP contribution in [0.25, 0.3) is 0 Å². The van der Waals surface area contributed by atoms with Crippen molar-refractivity contribution in [3.05, 3.63) is 202 Å². The third-order valence-corrected chi connectivity index (χ3v) is 13.3. The van der Waals surface area contributed by atoms with Gasteiger partial charge in [0.05, 0.1) is 14.2 Å². The first-order chi connectivity index (χ1) is 40.8. The lowest BCUT2D eigenvalue weighted by molar-refractivity contribution is -0.139. The first-order valence-corrected chi connectivity index (χ1v) is 28.1. The first kappa shape index (κ1) is 63.4. The molecule has 18 heteroatoms. The monoisotopic (exact) mass is 1140 g/mol. The maximum Gasteiger partial charge on any atom is 0.251 e. The summed E-state index contributed by atoms with van der Waals surface area (Å²) in [6.07, 6.45) is 2.90. The molecule has 0 saturated heterocycles. The highest BCUT2D eigenvalue weighted by Crippen LogP contribution is 2.14. The van der Waals surface area contributed by atoms with E-state index in [-0.39, 0.29) is 88.6 Å². The molecular weight excluding hydrogens is 1060 g/mol. The van der Waals surface area contributed by atoms with Gasteiger partial charge in [0.15, 0.2) is 0 Å². The number of methoxy groups -OCH3 is 2. The average Bonchev–Trinajstić information content (AvgIpc) is 3.63. The van der Waals surface area contributed by atoms with Gasteiger partial charge in [0, 0.05) is 74.4 Å². The van der Waals surface area contributed by atoms with Crippen molar-refractivity contribution in [2.45, 2.75) is 51.4 Å². The van der Waals surface area contributed by atoms with E-state index in [2.05, 4.69) is 43.7 Å². The van der Waals surface area contributed by atoms with Crippen molar-refractivity contribution in [3.63, 3.8) is 0 Å². The lowest BCUT2D eigenvalue weighted by Crippen LogP contribution is -2.46. The van der Waals surface area contributed by atoms with E-state index in [1.165, 1.54) is 9.80 Å². The Balaban J connectivity index is 0.910. The molecule has 0 fully saturated rings. The van der Waals surface area contributed by atoms with Gasteiger partial charge >= 0.3 is 0 Å². The fraction of sp³-hybridized carbons (Fsp3) is 0.303. The van der Waals surface area contributed by atoms with Gasteiger partial charge < -0.3 is 51.2 Å². The highest BCUT2D eigenvalue weighted by molar-refractivity contribution is 5.95. The molecule has 84 heavy (non-hydrogen) atoms. The molecule has 0 aliphatic heterocycles. The zero-order valence-corrected chi connectivity index (χ0v) is 47.7. The largest absolute Gasteiger partial charge is 0.497 e. The van der Waals surface area contributed by atoms with Gasteiger partial charge in [0.1, 0.15) is 37.7 Å². The number of nitrogens with one attached hydrogen (secondary N) is 6. The van der Waals surface area contributed by atoms with E-state index in [1.54, 1.807) is 62.8 Å². The molecule has 8 amide bonds. The summed E-state index contributed by atoms with van der Waals surface area (Å²) in [5, 5.41) is 17.0. The van der Waals surface area contributed by atoms with E-state index in [4.69, 9.17) is 9.47 Å². The van der Waals surface area contributed by atoms with E-state index < -0.39 is 23.6 Å². The number of rotatable bonds is 32. The molecule has 0 radical (unpaired) electrons. The van der Waals surface area contributed by atoms with Gasteiger partial charge in [-0.1, -0.05) is 96.8 Å². The van der Waals surface area contributed by atoms with E-state index >= 15 is 0 Å². The minimum absolute atomic E-state index is 0.00371. The summed E-state index contributed by atoms with van der Waals surface area (Å²) in [5.74, 6) is 4.54. The van der Waals surface area contributed by atoms with Gasteiger partial charge in [-0.05, 0) is 134 Å². The zero-order valence-electron chi connectivity index (χ0n) is 47.7. The number of carbonyl (C=O) groups excluding carboxylic acids is 8. The second kappa shape index (κ2) is 35.2. The van der Waals surface area contributed by atoms with Gasteiger partial charge in [-0.2, -0.15) is 0 Å². The molecule has 6 aromatic carbocycles. The van der Waals surface area contributed by atoms with Crippen LogP contribution in [-0.2, 0) is 54.5 Å². The van der Waals surface area contributed by atoms with Crippen LogP contribution >= 0.6 is 0 Å². The van der Waals surface area contributed by atoms with Crippen molar-refractivity contribution < 1.29 is 47.8 Å². The lowest BCUT2D eigenvalue weighted by Gasteiger charge is -2.22. The number of hydrogen-bond acceptors (Lipinski definition) is 10. The third-order valence-electron chi connectivity index (χ3n) is 13.3. The molecule has 18 nitrogen and oxygen atoms in total. The molecule has 0 unspecified atom stereocenters. The smallest absolute Gasteiger partial charge is 0.251 e. The van der Waals surface area contributed by atoms with Crippen molar-refractivity contribution in [2.75, 3.05) is 79.7 Å². The number of carbonyl (C=O) groups is 8. The van der Waals surface area contributed by atoms with E-state index in [0.717, 1.165) is 33.8 Å². The van der Waals surface area contributed by atoms with Crippen LogP contribution in [0.4, 0.5) is 0 Å². The Morgan fingerprint density at radius 3 is 0.952 bits per heavy atom. The van der Waals surface area contributed by atoms with Crippen LogP contribution in [0.2, 0.25) is 0 Å². The molecule has 438 valence electrons. The van der Waals surface area contributed by atoms with Crippen LogP contribution in [0.3, 0.4) is 0 Å². The second-order valence-electron chi connectivity index (χ2n) is 19.7. The number of amides is 8. The van der Waals surface area contributed by atoms with Crippen LogP contribution in [0, 0.1) is 11.8 Å². The standard InChI is InChI=1S/C66H74N8O10/c1-83-57-31-23-53(24-32-57)37-43-69-61(77)47-73(45-59(75)67-41-35-49-11-5-3-6-12-49)63(79)15-9-39-71-65(81)55-27-19-51(20-28-55)17-18-52-21-29-56(30-22-52)66(82)72-40-10-16-64(80)74(46-60(76)68-42-36-50-13-7-4-8-14-50)48-62(78)70-44-38-54-25-33-58(84-2)34-26-54/h3-8,11-14,19-34H,9-10,15-16,35-48H2,1-2H3,(H,67,75)(H,68,76)(H,69,77)(H,70,78)(H,71,81)(H,72,82). The Bertz CT molecular complexity index is 2940. The summed E-state index contributed by atoms with van der Waals surface area (Å²) < 4.78 is 10.4. The summed E-state index contributed by atoms with van der Waals surface area (Å²) in [7, 11) is 3.18. The molecule has 6 rings (SSSR count). The maximum absolute atomic E-state index is 13.4. The van der Waals surface area contributed by atoms with Crippen LogP contribution in [-0.4, -0.2) is 137 Å². The van der Waals surface area contributed by atoms with E-state index in [9.17, 15) is 38.4 Å². The molecule has 6 aromatic rings. The van der Waals surface area contributed by atoms with Crippen molar-refractivity contribution >= 4 is 47.3 Å². The summed E-state index contributed by atoms with van der Waals surface area (Å²) in [4.78, 5) is 107. The van der Waals surface area contributed by atoms with Crippen molar-refractivity contribution in [3.8, 4) is 23.3 Å². The number of nitrogens with zero attached hydrogens (tertiary/aromatic N) is 2. The Hall–Kier alpha value is -9.76. The van der Waals surface area contributed by atoms with Crippen LogP contribution in [0.1, 0.15) is 79.8 Å². The Kier molecular flexibility index (Phi) is 26.6. The summed E-state index contributed by atoms with van der Waals surface area (Å²) in [6, 6.07) is 47.8. The van der Waals surface area contributed by atoms with Crippen molar-refractivity contribution in [1.82, 2.24) is 41.7 Å². The molecule has 0 aliphatic rings. The Morgan fingerprint density at radius 2 is 0.655 bits per heavy atom. The third kappa shape index (κ3) is 23.4. The summed E-state index contributed by atoms with van der Waals surface area (Å²) in [6.45, 7) is 0.582. The predicted molar refractivity (Wildman–Crippen MR) is 321 cm³/mol. The van der Waals surface area contributed by atoms with Crippen LogP contribution in [0.5, 0.6) is 11.5 Å². The Morgan fingerprint density at radius 1 is 0.357 bits per heavy atom. The number of ether oxygens (including phenoxy) is 2. The maximum atomic E-state index is 13.4. The number of hydrogen-bond donors (Lipinski definition) is 6. The molecule has 0 spiro atoms. The molecule has 0 aromatic heterocycles. The summed E-state index contributed by atoms with van der Waals surface area (Å²) in [5.41, 5.74) is 6.19. The quantitative estimate of drug-likeness (QED) is 0.0238. The second-order valence-corrected chi connectivity index (χ2v) is 19.7. The van der Waals surface area contributed by atoms with Gasteiger partial charge in [-0.15, -0.1) is 0 Å². The highest BCUT2D eigenvalue weighted by Gasteiger charge is 2.22. The minimum Gasteiger partial charge on any atom is -0.497 e. The molecule has 0 heterocycles. The molecule has 0 atom stereocenters. The molecule has 0 aliphatic carbocycles. The Labute approximate surface area is 491 Å². The van der Waals surface area contributed by atoms with Gasteiger partial charge in [0.2, 0.25) is 35.4 Å². The molecule has 6 N–H and O–H groups in total. The topological polar surface area (TPSA) is 234 Å². The molecule has 0 bridgehead atoms. The van der Waals surface area contributed by atoms with Crippen LogP contribution in [0.15, 0.2) is 158 Å². The SMILES string of the molecule is COc1ccc(CCNC(=O)CN(CC(=O)NCCc2ccccc2)C(=O)CCCNC(=O)c2ccc(C#Cc3ccc(C(=O)NCCCC(=O)N(CC(=O)NCCc4ccccc4)CC(=O)NCCc4ccc(OC)cc4)cc3)cc2)cc1. The zero-order chi connectivity index (χ0) is 59.7. The molecule has 0 saturated carbocycles. The average molecular weight is 1140 g/mol. The van der Waals surface area contributed by atoms with Crippen LogP contribution < -0.4 is 41.4 Å².